The van der Waals surface area contributed by atoms with Crippen molar-refractivity contribution in [2.24, 2.45) is 5.92 Å². The second-order valence-corrected chi connectivity index (χ2v) is 6.00. The van der Waals surface area contributed by atoms with Crippen LogP contribution >= 0.6 is 0 Å². The third kappa shape index (κ3) is 7.31. The standard InChI is InChI=1S/C17H28N2O3/c1-12(8-14(3)20)11-18-17(21)19-13(2)9-15-6-5-7-16(10-15)22-4/h5-7,10,12-14,20H,8-9,11H2,1-4H3,(H2,18,19,21). The fourth-order valence-corrected chi connectivity index (χ4v) is 2.41. The molecule has 0 bridgehead atoms. The molecule has 0 heterocycles. The van der Waals surface area contributed by atoms with Gasteiger partial charge in [0, 0.05) is 12.6 Å². The maximum absolute atomic E-state index is 11.8. The fraction of sp³-hybridized carbons (Fsp3) is 0.588. The van der Waals surface area contributed by atoms with E-state index >= 15 is 0 Å². The molecule has 3 atom stereocenters. The summed E-state index contributed by atoms with van der Waals surface area (Å²) in [5, 5.41) is 15.1. The zero-order chi connectivity index (χ0) is 16.5. The lowest BCUT2D eigenvalue weighted by Crippen LogP contribution is -2.43. The maximum Gasteiger partial charge on any atom is 0.315 e. The van der Waals surface area contributed by atoms with Crippen molar-refractivity contribution in [3.05, 3.63) is 29.8 Å². The lowest BCUT2D eigenvalue weighted by molar-refractivity contribution is 0.163. The number of aliphatic hydroxyl groups excluding tert-OH is 1. The van der Waals surface area contributed by atoms with Gasteiger partial charge in [0.15, 0.2) is 0 Å². The highest BCUT2D eigenvalue weighted by Crippen LogP contribution is 2.13. The van der Waals surface area contributed by atoms with Crippen molar-refractivity contribution in [3.8, 4) is 5.75 Å². The number of carbonyl (C=O) groups excluding carboxylic acids is 1. The molecular formula is C17H28N2O3. The highest BCUT2D eigenvalue weighted by molar-refractivity contribution is 5.74. The minimum Gasteiger partial charge on any atom is -0.497 e. The second-order valence-electron chi connectivity index (χ2n) is 6.00. The van der Waals surface area contributed by atoms with Crippen molar-refractivity contribution in [2.45, 2.75) is 45.8 Å². The van der Waals surface area contributed by atoms with E-state index in [1.165, 1.54) is 0 Å². The van der Waals surface area contributed by atoms with Crippen LogP contribution in [0.5, 0.6) is 5.75 Å². The molecule has 3 unspecified atom stereocenters. The van der Waals surface area contributed by atoms with Crippen LogP contribution in [0.25, 0.3) is 0 Å². The molecule has 5 heteroatoms. The molecule has 0 spiro atoms. The van der Waals surface area contributed by atoms with Gasteiger partial charge in [-0.2, -0.15) is 0 Å². The monoisotopic (exact) mass is 308 g/mol. The molecule has 22 heavy (non-hydrogen) atoms. The van der Waals surface area contributed by atoms with Gasteiger partial charge in [-0.25, -0.2) is 4.79 Å². The smallest absolute Gasteiger partial charge is 0.315 e. The summed E-state index contributed by atoms with van der Waals surface area (Å²) in [6.07, 6.45) is 1.08. The van der Waals surface area contributed by atoms with Gasteiger partial charge >= 0.3 is 6.03 Å². The number of hydrogen-bond acceptors (Lipinski definition) is 3. The van der Waals surface area contributed by atoms with Crippen molar-refractivity contribution in [1.29, 1.82) is 0 Å². The highest BCUT2D eigenvalue weighted by atomic mass is 16.5. The molecule has 0 aliphatic heterocycles. The summed E-state index contributed by atoms with van der Waals surface area (Å²) in [4.78, 5) is 11.8. The number of nitrogens with one attached hydrogen (secondary N) is 2. The molecule has 3 N–H and O–H groups in total. The van der Waals surface area contributed by atoms with Gasteiger partial charge in [-0.15, -0.1) is 0 Å². The lowest BCUT2D eigenvalue weighted by Gasteiger charge is -2.18. The molecule has 0 aliphatic carbocycles. The van der Waals surface area contributed by atoms with Crippen molar-refractivity contribution in [2.75, 3.05) is 13.7 Å². The van der Waals surface area contributed by atoms with Gasteiger partial charge in [-0.1, -0.05) is 19.1 Å². The summed E-state index contributed by atoms with van der Waals surface area (Å²) in [5.41, 5.74) is 1.12. The molecule has 0 radical (unpaired) electrons. The van der Waals surface area contributed by atoms with E-state index in [4.69, 9.17) is 4.74 Å². The van der Waals surface area contributed by atoms with Crippen LogP contribution < -0.4 is 15.4 Å². The van der Waals surface area contributed by atoms with Crippen molar-refractivity contribution >= 4 is 6.03 Å². The summed E-state index contributed by atoms with van der Waals surface area (Å²) in [7, 11) is 1.64. The Balaban J connectivity index is 2.34. The molecule has 0 saturated heterocycles. The normalized spacial score (nSPS) is 14.8. The molecule has 0 aliphatic rings. The minimum absolute atomic E-state index is 0.0270. The van der Waals surface area contributed by atoms with Crippen LogP contribution in [0.3, 0.4) is 0 Å². The molecule has 1 aromatic rings. The zero-order valence-electron chi connectivity index (χ0n) is 13.9. The first-order valence-electron chi connectivity index (χ1n) is 7.76. The zero-order valence-corrected chi connectivity index (χ0v) is 13.9. The molecule has 1 aromatic carbocycles. The summed E-state index contributed by atoms with van der Waals surface area (Å²) < 4.78 is 5.19. The number of hydrogen-bond donors (Lipinski definition) is 3. The van der Waals surface area contributed by atoms with Crippen molar-refractivity contribution in [3.63, 3.8) is 0 Å². The Morgan fingerprint density at radius 1 is 1.32 bits per heavy atom. The number of methoxy groups -OCH3 is 1. The van der Waals surface area contributed by atoms with E-state index < -0.39 is 0 Å². The lowest BCUT2D eigenvalue weighted by atomic mass is 10.0. The maximum atomic E-state index is 11.8. The quantitative estimate of drug-likeness (QED) is 0.690. The first-order valence-corrected chi connectivity index (χ1v) is 7.76. The predicted molar refractivity (Wildman–Crippen MR) is 88.2 cm³/mol. The van der Waals surface area contributed by atoms with Crippen LogP contribution in [0, 0.1) is 5.92 Å². The predicted octanol–water partition coefficient (Wildman–Crippen LogP) is 2.33. The molecule has 0 saturated carbocycles. The van der Waals surface area contributed by atoms with Gasteiger partial charge in [-0.05, 0) is 50.3 Å². The molecule has 0 fully saturated rings. The van der Waals surface area contributed by atoms with Gasteiger partial charge in [0.2, 0.25) is 0 Å². The molecule has 0 aromatic heterocycles. The Morgan fingerprint density at radius 2 is 2.05 bits per heavy atom. The number of rotatable bonds is 8. The number of carbonyl (C=O) groups is 1. The molecule has 2 amide bonds. The summed E-state index contributed by atoms with van der Waals surface area (Å²) in [6, 6.07) is 7.69. The van der Waals surface area contributed by atoms with Crippen LogP contribution in [0.15, 0.2) is 24.3 Å². The molecule has 5 nitrogen and oxygen atoms in total. The van der Waals surface area contributed by atoms with Crippen molar-refractivity contribution < 1.29 is 14.6 Å². The number of amides is 2. The Labute approximate surface area is 133 Å². The topological polar surface area (TPSA) is 70.6 Å². The number of ether oxygens (including phenoxy) is 1. The fourth-order valence-electron chi connectivity index (χ4n) is 2.41. The van der Waals surface area contributed by atoms with Gasteiger partial charge in [-0.3, -0.25) is 0 Å². The Bertz CT molecular complexity index is 463. The third-order valence-electron chi connectivity index (χ3n) is 3.41. The van der Waals surface area contributed by atoms with Crippen LogP contribution in [0.2, 0.25) is 0 Å². The Hall–Kier alpha value is -1.75. The molecule has 1 rings (SSSR count). The average molecular weight is 308 g/mol. The van der Waals surface area contributed by atoms with E-state index in [1.807, 2.05) is 38.1 Å². The van der Waals surface area contributed by atoms with Gasteiger partial charge in [0.25, 0.3) is 0 Å². The van der Waals surface area contributed by atoms with Gasteiger partial charge in [0.05, 0.1) is 13.2 Å². The first-order chi connectivity index (χ1) is 10.4. The largest absolute Gasteiger partial charge is 0.497 e. The summed E-state index contributed by atoms with van der Waals surface area (Å²) >= 11 is 0. The Morgan fingerprint density at radius 3 is 2.68 bits per heavy atom. The highest BCUT2D eigenvalue weighted by Gasteiger charge is 2.11. The van der Waals surface area contributed by atoms with Gasteiger partial charge < -0.3 is 20.5 Å². The Kier molecular flexibility index (Phi) is 7.74. The third-order valence-corrected chi connectivity index (χ3v) is 3.41. The SMILES string of the molecule is COc1cccc(CC(C)NC(=O)NCC(C)CC(C)O)c1. The van der Waals surface area contributed by atoms with Crippen LogP contribution in [-0.4, -0.2) is 36.9 Å². The minimum atomic E-state index is -0.341. The van der Waals surface area contributed by atoms with E-state index in [0.717, 1.165) is 17.7 Å². The summed E-state index contributed by atoms with van der Waals surface area (Å²) in [6.45, 7) is 6.29. The van der Waals surface area contributed by atoms with Crippen molar-refractivity contribution in [1.82, 2.24) is 10.6 Å². The van der Waals surface area contributed by atoms with Crippen LogP contribution in [0.1, 0.15) is 32.8 Å². The average Bonchev–Trinajstić information content (AvgIpc) is 2.44. The van der Waals surface area contributed by atoms with Gasteiger partial charge in [0.1, 0.15) is 5.75 Å². The number of aliphatic hydroxyl groups is 1. The van der Waals surface area contributed by atoms with Crippen LogP contribution in [-0.2, 0) is 6.42 Å². The van der Waals surface area contributed by atoms with E-state index in [2.05, 4.69) is 10.6 Å². The second kappa shape index (κ2) is 9.30. The van der Waals surface area contributed by atoms with E-state index in [1.54, 1.807) is 14.0 Å². The number of urea groups is 1. The van der Waals surface area contributed by atoms with Crippen LogP contribution in [0.4, 0.5) is 4.79 Å². The first kappa shape index (κ1) is 18.3. The van der Waals surface area contributed by atoms with E-state index in [9.17, 15) is 9.90 Å². The van der Waals surface area contributed by atoms with E-state index in [0.29, 0.717) is 13.0 Å². The molecular weight excluding hydrogens is 280 g/mol. The number of benzene rings is 1. The molecule has 124 valence electrons. The van der Waals surface area contributed by atoms with E-state index in [-0.39, 0.29) is 24.1 Å². The summed E-state index contributed by atoms with van der Waals surface area (Å²) in [5.74, 6) is 1.07.